The summed E-state index contributed by atoms with van der Waals surface area (Å²) in [7, 11) is -1.00. The van der Waals surface area contributed by atoms with Crippen molar-refractivity contribution in [3.05, 3.63) is 48.5 Å². The molecule has 12 heteroatoms. The van der Waals surface area contributed by atoms with Gasteiger partial charge in [0.2, 0.25) is 10.0 Å². The van der Waals surface area contributed by atoms with E-state index in [1.54, 1.807) is 24.7 Å². The van der Waals surface area contributed by atoms with Gasteiger partial charge in [-0.25, -0.2) is 18.7 Å². The number of piperidine rings is 1. The van der Waals surface area contributed by atoms with Crippen LogP contribution >= 0.6 is 0 Å². The minimum atomic E-state index is -4.08. The molecule has 11 nitrogen and oxygen atoms in total. The predicted octanol–water partition coefficient (Wildman–Crippen LogP) is 2.01. The number of ether oxygens (including phenoxy) is 3. The van der Waals surface area contributed by atoms with Crippen LogP contribution in [0.5, 0.6) is 5.75 Å². The number of hydrogen-bond acceptors (Lipinski definition) is 8. The molecule has 1 heterocycles. The zero-order chi connectivity index (χ0) is 26.1. The van der Waals surface area contributed by atoms with Gasteiger partial charge in [-0.3, -0.25) is 10.0 Å². The number of benzene rings is 2. The fourth-order valence-corrected chi connectivity index (χ4v) is 5.26. The zero-order valence-corrected chi connectivity index (χ0v) is 21.0. The average molecular weight is 522 g/mol. The van der Waals surface area contributed by atoms with Crippen molar-refractivity contribution in [1.29, 1.82) is 0 Å². The van der Waals surface area contributed by atoms with Gasteiger partial charge in [-0.1, -0.05) is 24.3 Å². The van der Waals surface area contributed by atoms with Crippen LogP contribution in [0.25, 0.3) is 11.1 Å². The Morgan fingerprint density at radius 1 is 1.00 bits per heavy atom. The SMILES string of the molecule is COCCOC(=O)N1CCC(C(NS(=O)(=O)c2ccc(-c3ccc(OC)cc3)cc2)C(=O)NO)CC1. The normalized spacial score (nSPS) is 15.2. The largest absolute Gasteiger partial charge is 0.497 e. The lowest BCUT2D eigenvalue weighted by molar-refractivity contribution is -0.132. The fourth-order valence-electron chi connectivity index (χ4n) is 4.00. The van der Waals surface area contributed by atoms with E-state index >= 15 is 0 Å². The zero-order valence-electron chi connectivity index (χ0n) is 20.2. The first-order chi connectivity index (χ1) is 17.3. The van der Waals surface area contributed by atoms with E-state index in [9.17, 15) is 23.2 Å². The first-order valence-corrected chi connectivity index (χ1v) is 12.9. The van der Waals surface area contributed by atoms with E-state index < -0.39 is 34.0 Å². The summed E-state index contributed by atoms with van der Waals surface area (Å²) in [6.07, 6.45) is 0.193. The number of carbonyl (C=O) groups is 2. The number of carbonyl (C=O) groups excluding carboxylic acids is 2. The van der Waals surface area contributed by atoms with Gasteiger partial charge < -0.3 is 19.1 Å². The maximum absolute atomic E-state index is 13.1. The summed E-state index contributed by atoms with van der Waals surface area (Å²) in [6, 6.07) is 12.4. The van der Waals surface area contributed by atoms with Crippen LogP contribution in [-0.4, -0.2) is 77.1 Å². The second-order valence-electron chi connectivity index (χ2n) is 8.26. The van der Waals surface area contributed by atoms with E-state index in [0.29, 0.717) is 18.6 Å². The van der Waals surface area contributed by atoms with Crippen molar-refractivity contribution in [3.8, 4) is 16.9 Å². The second kappa shape index (κ2) is 12.7. The van der Waals surface area contributed by atoms with Crippen molar-refractivity contribution in [1.82, 2.24) is 15.1 Å². The quantitative estimate of drug-likeness (QED) is 0.245. The number of amides is 2. The van der Waals surface area contributed by atoms with Gasteiger partial charge in [0.1, 0.15) is 18.4 Å². The number of nitrogens with one attached hydrogen (secondary N) is 2. The Kier molecular flexibility index (Phi) is 9.65. The maximum atomic E-state index is 13.1. The van der Waals surface area contributed by atoms with Crippen molar-refractivity contribution in [2.45, 2.75) is 23.8 Å². The van der Waals surface area contributed by atoms with Gasteiger partial charge in [0, 0.05) is 20.2 Å². The molecule has 2 aromatic carbocycles. The summed E-state index contributed by atoms with van der Waals surface area (Å²) in [5.74, 6) is -0.591. The van der Waals surface area contributed by atoms with E-state index in [1.165, 1.54) is 24.1 Å². The molecule has 196 valence electrons. The molecule has 0 bridgehead atoms. The van der Waals surface area contributed by atoms with Gasteiger partial charge in [0.05, 0.1) is 18.6 Å². The molecule has 1 saturated heterocycles. The van der Waals surface area contributed by atoms with Crippen molar-refractivity contribution in [2.24, 2.45) is 5.92 Å². The highest BCUT2D eigenvalue weighted by Crippen LogP contribution is 2.26. The maximum Gasteiger partial charge on any atom is 0.409 e. The van der Waals surface area contributed by atoms with Crippen LogP contribution in [0, 0.1) is 5.92 Å². The number of sulfonamides is 1. The van der Waals surface area contributed by atoms with Crippen LogP contribution in [0.2, 0.25) is 0 Å². The third-order valence-corrected chi connectivity index (χ3v) is 7.50. The standard InChI is InChI=1S/C24H31N3O8S/c1-33-15-16-35-24(29)27-13-11-19(12-14-27)22(23(28)25-30)26-36(31,32)21-9-5-18(6-10-21)17-3-7-20(34-2)8-4-17/h3-10,19,22,26,30H,11-16H2,1-2H3,(H,25,28). The Morgan fingerprint density at radius 3 is 2.11 bits per heavy atom. The van der Waals surface area contributed by atoms with E-state index in [1.807, 2.05) is 24.3 Å². The molecule has 3 N–H and O–H groups in total. The third-order valence-electron chi connectivity index (χ3n) is 6.04. The molecular formula is C24H31N3O8S. The lowest BCUT2D eigenvalue weighted by Gasteiger charge is -2.34. The van der Waals surface area contributed by atoms with Crippen LogP contribution in [0.1, 0.15) is 12.8 Å². The number of rotatable bonds is 10. The highest BCUT2D eigenvalue weighted by atomic mass is 32.2. The molecule has 2 aromatic rings. The number of hydroxylamine groups is 1. The second-order valence-corrected chi connectivity index (χ2v) is 9.97. The minimum absolute atomic E-state index is 0.0188. The summed E-state index contributed by atoms with van der Waals surface area (Å²) >= 11 is 0. The molecule has 36 heavy (non-hydrogen) atoms. The van der Waals surface area contributed by atoms with Crippen molar-refractivity contribution in [3.63, 3.8) is 0 Å². The highest BCUT2D eigenvalue weighted by molar-refractivity contribution is 7.89. The van der Waals surface area contributed by atoms with Gasteiger partial charge in [-0.05, 0) is 54.2 Å². The molecule has 1 aliphatic rings. The molecule has 3 rings (SSSR count). The van der Waals surface area contributed by atoms with Crippen LogP contribution in [-0.2, 0) is 24.3 Å². The van der Waals surface area contributed by atoms with Crippen LogP contribution < -0.4 is 14.9 Å². The summed E-state index contributed by atoms with van der Waals surface area (Å²) in [5.41, 5.74) is 3.25. The van der Waals surface area contributed by atoms with E-state index in [0.717, 1.165) is 11.1 Å². The van der Waals surface area contributed by atoms with Gasteiger partial charge in [0.15, 0.2) is 0 Å². The predicted molar refractivity (Wildman–Crippen MR) is 130 cm³/mol. The van der Waals surface area contributed by atoms with Crippen LogP contribution in [0.15, 0.2) is 53.4 Å². The van der Waals surface area contributed by atoms with Gasteiger partial charge in [-0.2, -0.15) is 4.72 Å². The minimum Gasteiger partial charge on any atom is -0.497 e. The van der Waals surface area contributed by atoms with Gasteiger partial charge >= 0.3 is 6.09 Å². The summed E-state index contributed by atoms with van der Waals surface area (Å²) in [6.45, 7) is 0.972. The van der Waals surface area contributed by atoms with Crippen molar-refractivity contribution >= 4 is 22.0 Å². The smallest absolute Gasteiger partial charge is 0.409 e. The Bertz CT molecular complexity index is 1120. The molecule has 1 aliphatic heterocycles. The summed E-state index contributed by atoms with van der Waals surface area (Å²) in [4.78, 5) is 26.0. The number of nitrogens with zero attached hydrogens (tertiary/aromatic N) is 1. The van der Waals surface area contributed by atoms with Crippen LogP contribution in [0.4, 0.5) is 4.79 Å². The molecule has 0 saturated carbocycles. The highest BCUT2D eigenvalue weighted by Gasteiger charge is 2.36. The lowest BCUT2D eigenvalue weighted by Crippen LogP contribution is -2.53. The summed E-state index contributed by atoms with van der Waals surface area (Å²) in [5, 5.41) is 9.22. The number of hydrogen-bond donors (Lipinski definition) is 3. The van der Waals surface area contributed by atoms with E-state index in [4.69, 9.17) is 14.2 Å². The van der Waals surface area contributed by atoms with Crippen molar-refractivity contribution < 1.29 is 37.4 Å². The summed E-state index contributed by atoms with van der Waals surface area (Å²) < 4.78 is 43.7. The fraction of sp³-hybridized carbons (Fsp3) is 0.417. The molecule has 0 aromatic heterocycles. The van der Waals surface area contributed by atoms with Crippen molar-refractivity contribution in [2.75, 3.05) is 40.5 Å². The van der Waals surface area contributed by atoms with Crippen LogP contribution in [0.3, 0.4) is 0 Å². The molecule has 1 fully saturated rings. The Balaban J connectivity index is 1.67. The molecule has 0 aliphatic carbocycles. The third kappa shape index (κ3) is 6.94. The monoisotopic (exact) mass is 521 g/mol. The molecule has 1 atom stereocenters. The van der Waals surface area contributed by atoms with E-state index in [2.05, 4.69) is 4.72 Å². The molecule has 0 spiro atoms. The average Bonchev–Trinajstić information content (AvgIpc) is 2.91. The Morgan fingerprint density at radius 2 is 1.58 bits per heavy atom. The topological polar surface area (TPSA) is 144 Å². The lowest BCUT2D eigenvalue weighted by atomic mass is 9.89. The Labute approximate surface area is 210 Å². The number of methoxy groups -OCH3 is 2. The van der Waals surface area contributed by atoms with Gasteiger partial charge in [-0.15, -0.1) is 0 Å². The van der Waals surface area contributed by atoms with Gasteiger partial charge in [0.25, 0.3) is 5.91 Å². The number of likely N-dealkylation sites (tertiary alicyclic amines) is 1. The molecular weight excluding hydrogens is 490 g/mol. The molecule has 0 radical (unpaired) electrons. The Hall–Kier alpha value is -3.19. The molecule has 2 amide bonds. The molecule has 1 unspecified atom stereocenters. The first-order valence-electron chi connectivity index (χ1n) is 11.4. The first kappa shape index (κ1) is 27.4. The van der Waals surface area contributed by atoms with E-state index in [-0.39, 0.29) is 31.2 Å².